The van der Waals surface area contributed by atoms with Crippen LogP contribution in [0.1, 0.15) is 11.1 Å². The van der Waals surface area contributed by atoms with E-state index in [4.69, 9.17) is 23.4 Å². The Balaban J connectivity index is 1.52. The second kappa shape index (κ2) is 7.78. The van der Waals surface area contributed by atoms with Crippen molar-refractivity contribution in [2.24, 2.45) is 0 Å². The number of hydrogen-bond acceptors (Lipinski definition) is 5. The van der Waals surface area contributed by atoms with Gasteiger partial charge in [-0.1, -0.05) is 42.5 Å². The minimum Gasteiger partial charge on any atom is -0.493 e. The van der Waals surface area contributed by atoms with Crippen LogP contribution in [-0.2, 0) is 6.61 Å². The van der Waals surface area contributed by atoms with E-state index >= 15 is 0 Å². The summed E-state index contributed by atoms with van der Waals surface area (Å²) >= 11 is 0. The van der Waals surface area contributed by atoms with Crippen LogP contribution in [0.5, 0.6) is 23.0 Å². The number of furan rings is 1. The molecular weight excluding hydrogens is 416 g/mol. The fourth-order valence-electron chi connectivity index (χ4n) is 4.36. The van der Waals surface area contributed by atoms with Gasteiger partial charge in [0.25, 0.3) is 0 Å². The maximum Gasteiger partial charge on any atom is 0.231 e. The molecule has 0 atom stereocenters. The largest absolute Gasteiger partial charge is 0.493 e. The minimum atomic E-state index is 0.223. The zero-order chi connectivity index (χ0) is 22.4. The van der Waals surface area contributed by atoms with Gasteiger partial charge >= 0.3 is 0 Å². The summed E-state index contributed by atoms with van der Waals surface area (Å²) in [5.74, 6) is 3.72. The molecule has 0 fully saturated rings. The SMILES string of the molecule is COc1cccc2c(C)c(-c3cc(OCc4ccccc4)c4cc5c(cc4c3)OCO5)oc12. The van der Waals surface area contributed by atoms with Gasteiger partial charge in [0.15, 0.2) is 22.8 Å². The average molecular weight is 438 g/mol. The summed E-state index contributed by atoms with van der Waals surface area (Å²) in [6.07, 6.45) is 0. The number of methoxy groups -OCH3 is 1. The first-order valence-corrected chi connectivity index (χ1v) is 10.8. The van der Waals surface area contributed by atoms with E-state index in [1.54, 1.807) is 7.11 Å². The maximum atomic E-state index is 6.33. The highest BCUT2D eigenvalue weighted by molar-refractivity contribution is 5.97. The second-order valence-corrected chi connectivity index (χ2v) is 8.07. The Kier molecular flexibility index (Phi) is 4.61. The van der Waals surface area contributed by atoms with Crippen LogP contribution in [-0.4, -0.2) is 13.9 Å². The molecule has 0 saturated heterocycles. The topological polar surface area (TPSA) is 50.1 Å². The van der Waals surface area contributed by atoms with Gasteiger partial charge in [-0.3, -0.25) is 0 Å². The van der Waals surface area contributed by atoms with Crippen LogP contribution < -0.4 is 18.9 Å². The zero-order valence-corrected chi connectivity index (χ0v) is 18.4. The highest BCUT2D eigenvalue weighted by atomic mass is 16.7. The standard InChI is InChI=1S/C28H22O5/c1-17-21-9-6-10-23(29-2)28(21)33-27(17)20-11-19-12-25-26(32-16-31-25)14-22(19)24(13-20)30-15-18-7-4-3-5-8-18/h3-14H,15-16H2,1-2H3. The van der Waals surface area contributed by atoms with Crippen LogP contribution >= 0.6 is 0 Å². The van der Waals surface area contributed by atoms with Crippen molar-refractivity contribution in [1.82, 2.24) is 0 Å². The van der Waals surface area contributed by atoms with Crippen molar-refractivity contribution in [2.45, 2.75) is 13.5 Å². The average Bonchev–Trinajstić information content (AvgIpc) is 3.45. The lowest BCUT2D eigenvalue weighted by atomic mass is 10.0. The van der Waals surface area contributed by atoms with Gasteiger partial charge in [0, 0.05) is 21.9 Å². The van der Waals surface area contributed by atoms with E-state index in [9.17, 15) is 0 Å². The van der Waals surface area contributed by atoms with Crippen LogP contribution in [0.2, 0.25) is 0 Å². The Morgan fingerprint density at radius 3 is 2.45 bits per heavy atom. The second-order valence-electron chi connectivity index (χ2n) is 8.07. The summed E-state index contributed by atoms with van der Waals surface area (Å²) in [5, 5.41) is 2.98. The number of para-hydroxylation sites is 1. The minimum absolute atomic E-state index is 0.223. The highest BCUT2D eigenvalue weighted by Gasteiger charge is 2.20. The predicted octanol–water partition coefficient (Wildman–Crippen LogP) is 6.88. The Bertz CT molecular complexity index is 1480. The fraction of sp³-hybridized carbons (Fsp3) is 0.143. The van der Waals surface area contributed by atoms with Gasteiger partial charge in [0.1, 0.15) is 18.1 Å². The van der Waals surface area contributed by atoms with Gasteiger partial charge in [0.2, 0.25) is 6.79 Å². The van der Waals surface area contributed by atoms with E-state index in [-0.39, 0.29) is 6.79 Å². The number of aryl methyl sites for hydroxylation is 1. The number of rotatable bonds is 5. The molecule has 0 amide bonds. The third-order valence-electron chi connectivity index (χ3n) is 6.05. The maximum absolute atomic E-state index is 6.33. The van der Waals surface area contributed by atoms with Crippen molar-refractivity contribution >= 4 is 21.7 Å². The Morgan fingerprint density at radius 2 is 1.64 bits per heavy atom. The van der Waals surface area contributed by atoms with Gasteiger partial charge < -0.3 is 23.4 Å². The first-order chi connectivity index (χ1) is 16.2. The molecule has 1 aliphatic heterocycles. The molecule has 0 saturated carbocycles. The summed E-state index contributed by atoms with van der Waals surface area (Å²) in [6.45, 7) is 2.75. The van der Waals surface area contributed by atoms with Crippen molar-refractivity contribution in [3.05, 3.63) is 83.9 Å². The van der Waals surface area contributed by atoms with Crippen LogP contribution in [0.25, 0.3) is 33.1 Å². The lowest BCUT2D eigenvalue weighted by Crippen LogP contribution is -1.96. The van der Waals surface area contributed by atoms with Crippen molar-refractivity contribution in [3.63, 3.8) is 0 Å². The van der Waals surface area contributed by atoms with Gasteiger partial charge in [0.05, 0.1) is 7.11 Å². The van der Waals surface area contributed by atoms with Crippen molar-refractivity contribution in [3.8, 4) is 34.3 Å². The smallest absolute Gasteiger partial charge is 0.231 e. The van der Waals surface area contributed by atoms with Gasteiger partial charge in [-0.05, 0) is 48.2 Å². The van der Waals surface area contributed by atoms with E-state index in [2.05, 4.69) is 25.1 Å². The number of ether oxygens (including phenoxy) is 4. The molecule has 1 aliphatic rings. The van der Waals surface area contributed by atoms with Crippen LogP contribution in [0.15, 0.2) is 77.2 Å². The fourth-order valence-corrected chi connectivity index (χ4v) is 4.36. The summed E-state index contributed by atoms with van der Waals surface area (Å²) in [4.78, 5) is 0. The number of hydrogen-bond donors (Lipinski definition) is 0. The highest BCUT2D eigenvalue weighted by Crippen LogP contribution is 2.44. The van der Waals surface area contributed by atoms with Crippen LogP contribution in [0, 0.1) is 6.92 Å². The molecule has 5 heteroatoms. The lowest BCUT2D eigenvalue weighted by Gasteiger charge is -2.13. The summed E-state index contributed by atoms with van der Waals surface area (Å²) in [5.41, 5.74) is 3.82. The third-order valence-corrected chi connectivity index (χ3v) is 6.05. The molecule has 5 nitrogen and oxygen atoms in total. The van der Waals surface area contributed by atoms with Gasteiger partial charge in [-0.2, -0.15) is 0 Å². The lowest BCUT2D eigenvalue weighted by molar-refractivity contribution is 0.174. The first kappa shape index (κ1) is 19.6. The van der Waals surface area contributed by atoms with Crippen molar-refractivity contribution in [2.75, 3.05) is 13.9 Å². The quantitative estimate of drug-likeness (QED) is 0.299. The summed E-state index contributed by atoms with van der Waals surface area (Å²) in [6, 6.07) is 24.2. The molecule has 0 N–H and O–H groups in total. The van der Waals surface area contributed by atoms with Crippen LogP contribution in [0.3, 0.4) is 0 Å². The molecule has 1 aromatic heterocycles. The Labute approximate surface area is 191 Å². The first-order valence-electron chi connectivity index (χ1n) is 10.8. The van der Waals surface area contributed by atoms with Gasteiger partial charge in [-0.15, -0.1) is 0 Å². The van der Waals surface area contributed by atoms with Crippen molar-refractivity contribution in [1.29, 1.82) is 0 Å². The number of fused-ring (bicyclic) bond motifs is 3. The molecule has 2 heterocycles. The normalized spacial score (nSPS) is 12.4. The molecule has 4 aromatic carbocycles. The van der Waals surface area contributed by atoms with E-state index in [1.807, 2.05) is 54.6 Å². The Hall–Kier alpha value is -4.12. The van der Waals surface area contributed by atoms with Crippen LogP contribution in [0.4, 0.5) is 0 Å². The molecule has 0 spiro atoms. The molecule has 0 unspecified atom stereocenters. The van der Waals surface area contributed by atoms with E-state index in [1.165, 1.54) is 0 Å². The molecule has 5 aromatic rings. The zero-order valence-electron chi connectivity index (χ0n) is 18.4. The van der Waals surface area contributed by atoms with E-state index in [0.717, 1.165) is 61.4 Å². The van der Waals surface area contributed by atoms with E-state index in [0.29, 0.717) is 12.4 Å². The molecule has 0 radical (unpaired) electrons. The molecule has 0 aliphatic carbocycles. The predicted molar refractivity (Wildman–Crippen MR) is 127 cm³/mol. The molecular formula is C28H22O5. The molecule has 6 rings (SSSR count). The summed E-state index contributed by atoms with van der Waals surface area (Å²) in [7, 11) is 1.65. The molecule has 33 heavy (non-hydrogen) atoms. The van der Waals surface area contributed by atoms with Gasteiger partial charge in [-0.25, -0.2) is 0 Å². The Morgan fingerprint density at radius 1 is 0.818 bits per heavy atom. The van der Waals surface area contributed by atoms with Crippen molar-refractivity contribution < 1.29 is 23.4 Å². The number of benzene rings is 4. The summed E-state index contributed by atoms with van der Waals surface area (Å²) < 4.78 is 29.4. The molecule has 164 valence electrons. The molecule has 0 bridgehead atoms. The third kappa shape index (κ3) is 3.33. The monoisotopic (exact) mass is 438 g/mol. The van der Waals surface area contributed by atoms with E-state index < -0.39 is 0 Å².